The third-order valence-corrected chi connectivity index (χ3v) is 9.92. The van der Waals surface area contributed by atoms with E-state index >= 15 is 0 Å². The predicted molar refractivity (Wildman–Crippen MR) is 184 cm³/mol. The van der Waals surface area contributed by atoms with E-state index in [9.17, 15) is 0 Å². The van der Waals surface area contributed by atoms with Crippen LogP contribution in [-0.4, -0.2) is 20.2 Å². The van der Waals surface area contributed by atoms with Gasteiger partial charge in [0, 0.05) is 32.8 Å². The van der Waals surface area contributed by atoms with Crippen molar-refractivity contribution in [2.45, 2.75) is 12.0 Å². The second kappa shape index (κ2) is 8.77. The molecule has 4 heterocycles. The van der Waals surface area contributed by atoms with Crippen LogP contribution in [0.15, 0.2) is 138 Å². The molecule has 0 N–H and O–H groups in total. The van der Waals surface area contributed by atoms with Crippen molar-refractivity contribution in [3.63, 3.8) is 0 Å². The van der Waals surface area contributed by atoms with E-state index in [1.807, 2.05) is 18.2 Å². The molecule has 1 aliphatic carbocycles. The van der Waals surface area contributed by atoms with Gasteiger partial charge in [-0.3, -0.25) is 4.57 Å². The molecule has 0 bridgehead atoms. The Bertz CT molecular complexity index is 2760. The van der Waals surface area contributed by atoms with E-state index in [2.05, 4.69) is 130 Å². The van der Waals surface area contributed by atoms with Crippen LogP contribution in [0.4, 0.5) is 0 Å². The standard InChI is InChI=1S/C41H25N3O2/c1-2-10-26-24(9-1)17-19-34-38(26)28-12-4-7-15-32(28)43(34)25-18-20-33-30(23-25)27-11-3-6-14-31(27)44(33)41-42-40-37(46-41)22-21-36-39(40)29-13-5-8-16-35(29)45-36/h1-23,36,39H. The van der Waals surface area contributed by atoms with Gasteiger partial charge in [0.1, 0.15) is 17.5 Å². The molecule has 0 radical (unpaired) electrons. The molecule has 0 spiro atoms. The number of benzene rings is 6. The summed E-state index contributed by atoms with van der Waals surface area (Å²) in [5.74, 6) is 1.72. The fraction of sp³-hybridized carbons (Fsp3) is 0.0488. The van der Waals surface area contributed by atoms with Crippen LogP contribution in [0, 0.1) is 0 Å². The molecule has 216 valence electrons. The van der Waals surface area contributed by atoms with Gasteiger partial charge in [0.05, 0.1) is 28.0 Å². The van der Waals surface area contributed by atoms with Crippen LogP contribution < -0.4 is 4.74 Å². The first kappa shape index (κ1) is 24.3. The Labute approximate surface area is 263 Å². The highest BCUT2D eigenvalue weighted by atomic mass is 16.5. The molecule has 2 unspecified atom stereocenters. The van der Waals surface area contributed by atoms with Crippen LogP contribution in [0.5, 0.6) is 5.75 Å². The number of fused-ring (bicyclic) bond motifs is 13. The van der Waals surface area contributed by atoms with Crippen molar-refractivity contribution in [1.82, 2.24) is 14.1 Å². The van der Waals surface area contributed by atoms with Crippen LogP contribution >= 0.6 is 0 Å². The molecule has 2 atom stereocenters. The van der Waals surface area contributed by atoms with Crippen LogP contribution in [0.25, 0.3) is 72.2 Å². The van der Waals surface area contributed by atoms with E-state index in [1.165, 1.54) is 32.6 Å². The predicted octanol–water partition coefficient (Wildman–Crippen LogP) is 9.94. The molecule has 46 heavy (non-hydrogen) atoms. The zero-order valence-corrected chi connectivity index (χ0v) is 24.6. The fourth-order valence-electron chi connectivity index (χ4n) is 7.96. The number of nitrogens with zero attached hydrogens (tertiary/aromatic N) is 3. The van der Waals surface area contributed by atoms with Crippen molar-refractivity contribution in [1.29, 1.82) is 0 Å². The molecule has 2 aliphatic rings. The maximum absolute atomic E-state index is 6.55. The Morgan fingerprint density at radius 2 is 1.30 bits per heavy atom. The second-order valence-corrected chi connectivity index (χ2v) is 12.3. The van der Waals surface area contributed by atoms with Gasteiger partial charge in [-0.25, -0.2) is 0 Å². The molecule has 0 saturated carbocycles. The minimum absolute atomic E-state index is 0.0137. The molecule has 3 aromatic heterocycles. The van der Waals surface area contributed by atoms with Gasteiger partial charge < -0.3 is 13.7 Å². The Balaban J connectivity index is 1.14. The van der Waals surface area contributed by atoms with Gasteiger partial charge in [0.2, 0.25) is 0 Å². The van der Waals surface area contributed by atoms with Gasteiger partial charge in [-0.15, -0.1) is 0 Å². The molecule has 6 aromatic carbocycles. The summed E-state index contributed by atoms with van der Waals surface area (Å²) < 4.78 is 17.4. The zero-order valence-electron chi connectivity index (χ0n) is 24.6. The monoisotopic (exact) mass is 591 g/mol. The topological polar surface area (TPSA) is 45.1 Å². The molecule has 1 aliphatic heterocycles. The normalized spacial score (nSPS) is 16.8. The lowest BCUT2D eigenvalue weighted by Gasteiger charge is -2.17. The van der Waals surface area contributed by atoms with E-state index < -0.39 is 0 Å². The maximum Gasteiger partial charge on any atom is 0.307 e. The van der Waals surface area contributed by atoms with E-state index in [0.717, 1.165) is 50.3 Å². The summed E-state index contributed by atoms with van der Waals surface area (Å²) >= 11 is 0. The number of hydrogen-bond acceptors (Lipinski definition) is 3. The minimum atomic E-state index is -0.0769. The maximum atomic E-state index is 6.55. The SMILES string of the molecule is C1=CC2Oc3ccccc3C2c2nc(-n3c4ccccc4c4cc(-n5c6ccccc6c6c7ccccc7ccc65)ccc43)oc21. The van der Waals surface area contributed by atoms with E-state index in [0.29, 0.717) is 6.01 Å². The fourth-order valence-corrected chi connectivity index (χ4v) is 7.96. The van der Waals surface area contributed by atoms with Crippen LogP contribution in [0.1, 0.15) is 22.9 Å². The Morgan fingerprint density at radius 1 is 0.587 bits per heavy atom. The molecule has 5 nitrogen and oxygen atoms in total. The van der Waals surface area contributed by atoms with Gasteiger partial charge in [-0.1, -0.05) is 84.9 Å². The van der Waals surface area contributed by atoms with Crippen LogP contribution in [-0.2, 0) is 0 Å². The van der Waals surface area contributed by atoms with Gasteiger partial charge >= 0.3 is 6.01 Å². The first-order valence-corrected chi connectivity index (χ1v) is 15.7. The molecule has 0 amide bonds. The Hall–Kier alpha value is -6.07. The van der Waals surface area contributed by atoms with Crippen molar-refractivity contribution in [3.8, 4) is 17.5 Å². The van der Waals surface area contributed by atoms with E-state index in [-0.39, 0.29) is 12.0 Å². The smallest absolute Gasteiger partial charge is 0.307 e. The first-order chi connectivity index (χ1) is 22.8. The highest BCUT2D eigenvalue weighted by molar-refractivity contribution is 6.21. The summed E-state index contributed by atoms with van der Waals surface area (Å²) in [6, 6.07) is 46.0. The molecule has 0 fully saturated rings. The third-order valence-electron chi connectivity index (χ3n) is 9.92. The lowest BCUT2D eigenvalue weighted by Crippen LogP contribution is -2.20. The van der Waals surface area contributed by atoms with Crippen molar-refractivity contribution in [2.24, 2.45) is 0 Å². The summed E-state index contributed by atoms with van der Waals surface area (Å²) in [6.07, 6.45) is 4.03. The molecule has 0 saturated heterocycles. The van der Waals surface area contributed by atoms with E-state index in [1.54, 1.807) is 0 Å². The molecule has 9 aromatic rings. The Kier molecular flexibility index (Phi) is 4.63. The van der Waals surface area contributed by atoms with Gasteiger partial charge in [-0.05, 0) is 65.4 Å². The van der Waals surface area contributed by atoms with Crippen molar-refractivity contribution >= 4 is 60.5 Å². The molecule has 11 rings (SSSR count). The second-order valence-electron chi connectivity index (χ2n) is 12.3. The van der Waals surface area contributed by atoms with Gasteiger partial charge in [0.15, 0.2) is 5.76 Å². The van der Waals surface area contributed by atoms with Crippen molar-refractivity contribution in [3.05, 3.63) is 150 Å². The number of aromatic nitrogens is 3. The molecular weight excluding hydrogens is 566 g/mol. The number of hydrogen-bond donors (Lipinski definition) is 0. The first-order valence-electron chi connectivity index (χ1n) is 15.7. The summed E-state index contributed by atoms with van der Waals surface area (Å²) in [4.78, 5) is 5.18. The quantitative estimate of drug-likeness (QED) is 0.201. The summed E-state index contributed by atoms with van der Waals surface area (Å²) in [6.45, 7) is 0. The number of oxazole rings is 1. The number of rotatable bonds is 2. The highest BCUT2D eigenvalue weighted by Crippen LogP contribution is 2.47. The van der Waals surface area contributed by atoms with Gasteiger partial charge in [-0.2, -0.15) is 4.98 Å². The lowest BCUT2D eigenvalue weighted by atomic mass is 9.88. The highest BCUT2D eigenvalue weighted by Gasteiger charge is 2.40. The number of ether oxygens (including phenoxy) is 1. The summed E-state index contributed by atoms with van der Waals surface area (Å²) in [5, 5.41) is 7.37. The largest absolute Gasteiger partial charge is 0.485 e. The number of para-hydroxylation sites is 3. The van der Waals surface area contributed by atoms with Crippen molar-refractivity contribution < 1.29 is 9.15 Å². The van der Waals surface area contributed by atoms with Crippen molar-refractivity contribution in [2.75, 3.05) is 0 Å². The molecular formula is C41H25N3O2. The lowest BCUT2D eigenvalue weighted by molar-refractivity contribution is 0.265. The van der Waals surface area contributed by atoms with Crippen LogP contribution in [0.3, 0.4) is 0 Å². The Morgan fingerprint density at radius 3 is 2.22 bits per heavy atom. The molecule has 5 heteroatoms. The van der Waals surface area contributed by atoms with E-state index in [4.69, 9.17) is 14.1 Å². The average Bonchev–Trinajstić information content (AvgIpc) is 3.86. The van der Waals surface area contributed by atoms with Crippen LogP contribution in [0.2, 0.25) is 0 Å². The third kappa shape index (κ3) is 3.11. The summed E-state index contributed by atoms with van der Waals surface area (Å²) in [5.41, 5.74) is 7.70. The average molecular weight is 592 g/mol. The minimum Gasteiger partial charge on any atom is -0.485 e. The summed E-state index contributed by atoms with van der Waals surface area (Å²) in [7, 11) is 0. The van der Waals surface area contributed by atoms with Gasteiger partial charge in [0.25, 0.3) is 0 Å². The zero-order chi connectivity index (χ0) is 29.9.